The van der Waals surface area contributed by atoms with Gasteiger partial charge in [0, 0.05) is 31.7 Å². The molecular formula is C18H21N3O4S. The fourth-order valence-corrected chi connectivity index (χ4v) is 3.61. The van der Waals surface area contributed by atoms with Crippen LogP contribution in [0.1, 0.15) is 22.5 Å². The predicted octanol–water partition coefficient (Wildman–Crippen LogP) is 2.93. The van der Waals surface area contributed by atoms with Crippen molar-refractivity contribution in [3.63, 3.8) is 0 Å². The van der Waals surface area contributed by atoms with Crippen LogP contribution in [0.25, 0.3) is 0 Å². The molecule has 0 aliphatic carbocycles. The van der Waals surface area contributed by atoms with Crippen molar-refractivity contribution >= 4 is 22.9 Å². The summed E-state index contributed by atoms with van der Waals surface area (Å²) in [5, 5.41) is 16.0. The van der Waals surface area contributed by atoms with E-state index >= 15 is 0 Å². The van der Waals surface area contributed by atoms with Crippen LogP contribution >= 0.6 is 11.3 Å². The molecule has 8 heteroatoms. The first-order valence-corrected chi connectivity index (χ1v) is 9.44. The van der Waals surface area contributed by atoms with Gasteiger partial charge in [0.2, 0.25) is 0 Å². The molecule has 0 radical (unpaired) electrons. The van der Waals surface area contributed by atoms with Crippen LogP contribution < -0.4 is 10.1 Å². The van der Waals surface area contributed by atoms with Crippen molar-refractivity contribution in [2.75, 3.05) is 26.2 Å². The molecule has 7 nitrogen and oxygen atoms in total. The lowest BCUT2D eigenvalue weighted by Gasteiger charge is -2.32. The highest BCUT2D eigenvalue weighted by Gasteiger charge is 2.21. The number of nitrogens with one attached hydrogen (secondary N) is 1. The zero-order chi connectivity index (χ0) is 18.4. The minimum Gasteiger partial charge on any atom is -0.485 e. The van der Waals surface area contributed by atoms with E-state index in [-0.39, 0.29) is 17.6 Å². The van der Waals surface area contributed by atoms with E-state index in [0.717, 1.165) is 30.8 Å². The van der Waals surface area contributed by atoms with Gasteiger partial charge in [-0.1, -0.05) is 18.2 Å². The standard InChI is InChI=1S/C18H21N3O4S/c22-18(17-6-3-13-26-17)19-14-7-9-20(10-8-14)11-12-25-16-5-2-1-4-15(16)21(23)24/h1-6,13-14H,7-12H2,(H,19,22). The van der Waals surface area contributed by atoms with Crippen LogP contribution in [-0.2, 0) is 0 Å². The van der Waals surface area contributed by atoms with Gasteiger partial charge < -0.3 is 10.1 Å². The molecule has 0 atom stereocenters. The second-order valence-corrected chi connectivity index (χ2v) is 7.09. The average Bonchev–Trinajstić information content (AvgIpc) is 3.18. The lowest BCUT2D eigenvalue weighted by atomic mass is 10.1. The van der Waals surface area contributed by atoms with Crippen molar-refractivity contribution in [2.45, 2.75) is 18.9 Å². The number of benzene rings is 1. The Morgan fingerprint density at radius 1 is 1.27 bits per heavy atom. The molecule has 2 aromatic rings. The van der Waals surface area contributed by atoms with E-state index < -0.39 is 4.92 Å². The zero-order valence-corrected chi connectivity index (χ0v) is 15.1. The molecule has 1 amide bonds. The van der Waals surface area contributed by atoms with Gasteiger partial charge in [-0.15, -0.1) is 11.3 Å². The predicted molar refractivity (Wildman–Crippen MR) is 99.8 cm³/mol. The van der Waals surface area contributed by atoms with Crippen LogP contribution in [-0.4, -0.2) is 48.0 Å². The lowest BCUT2D eigenvalue weighted by molar-refractivity contribution is -0.385. The first-order chi connectivity index (χ1) is 12.6. The second kappa shape index (κ2) is 8.77. The number of ether oxygens (including phenoxy) is 1. The van der Waals surface area contributed by atoms with Crippen molar-refractivity contribution in [1.82, 2.24) is 10.2 Å². The summed E-state index contributed by atoms with van der Waals surface area (Å²) < 4.78 is 5.59. The summed E-state index contributed by atoms with van der Waals surface area (Å²) in [5.74, 6) is 0.300. The van der Waals surface area contributed by atoms with Crippen molar-refractivity contribution in [3.8, 4) is 5.75 Å². The molecule has 26 heavy (non-hydrogen) atoms. The Kier molecular flexibility index (Phi) is 6.19. The Labute approximate surface area is 155 Å². The van der Waals surface area contributed by atoms with Gasteiger partial charge in [-0.05, 0) is 30.4 Å². The molecule has 138 valence electrons. The SMILES string of the molecule is O=C(NC1CCN(CCOc2ccccc2[N+](=O)[O-])CC1)c1cccs1. The number of piperidine rings is 1. The smallest absolute Gasteiger partial charge is 0.310 e. The van der Waals surface area contributed by atoms with Gasteiger partial charge in [0.25, 0.3) is 5.91 Å². The number of nitro benzene ring substituents is 1. The summed E-state index contributed by atoms with van der Waals surface area (Å²) in [6.07, 6.45) is 1.78. The van der Waals surface area contributed by atoms with Gasteiger partial charge in [0.05, 0.1) is 9.80 Å². The molecule has 1 saturated heterocycles. The number of rotatable bonds is 7. The highest BCUT2D eigenvalue weighted by molar-refractivity contribution is 7.12. The molecule has 1 fully saturated rings. The van der Waals surface area contributed by atoms with Crippen molar-refractivity contribution in [1.29, 1.82) is 0 Å². The minimum atomic E-state index is -0.433. The number of likely N-dealkylation sites (tertiary alicyclic amines) is 1. The molecule has 0 spiro atoms. The highest BCUT2D eigenvalue weighted by Crippen LogP contribution is 2.25. The second-order valence-electron chi connectivity index (χ2n) is 6.14. The fourth-order valence-electron chi connectivity index (χ4n) is 2.98. The summed E-state index contributed by atoms with van der Waals surface area (Å²) in [5.41, 5.74) is -0.0116. The number of para-hydroxylation sites is 2. The van der Waals surface area contributed by atoms with Gasteiger partial charge in [-0.3, -0.25) is 19.8 Å². The van der Waals surface area contributed by atoms with Crippen LogP contribution in [0.5, 0.6) is 5.75 Å². The Morgan fingerprint density at radius 3 is 2.73 bits per heavy atom. The van der Waals surface area contributed by atoms with Crippen LogP contribution in [0.15, 0.2) is 41.8 Å². The molecule has 1 aromatic carbocycles. The summed E-state index contributed by atoms with van der Waals surface area (Å²) in [4.78, 5) is 25.6. The van der Waals surface area contributed by atoms with Crippen molar-refractivity contribution < 1.29 is 14.5 Å². The van der Waals surface area contributed by atoms with Gasteiger partial charge in [-0.2, -0.15) is 0 Å². The Hall–Kier alpha value is -2.45. The Bertz CT molecular complexity index is 743. The lowest BCUT2D eigenvalue weighted by Crippen LogP contribution is -2.45. The Morgan fingerprint density at radius 2 is 2.04 bits per heavy atom. The van der Waals surface area contributed by atoms with E-state index in [1.54, 1.807) is 18.2 Å². The molecular weight excluding hydrogens is 354 g/mol. The Balaban J connectivity index is 1.39. The van der Waals surface area contributed by atoms with Crippen LogP contribution in [0, 0.1) is 10.1 Å². The van der Waals surface area contributed by atoms with Crippen molar-refractivity contribution in [3.05, 3.63) is 56.8 Å². The van der Waals surface area contributed by atoms with Gasteiger partial charge in [0.15, 0.2) is 5.75 Å². The van der Waals surface area contributed by atoms with Crippen LogP contribution in [0.2, 0.25) is 0 Å². The van der Waals surface area contributed by atoms with Crippen LogP contribution in [0.4, 0.5) is 5.69 Å². The van der Waals surface area contributed by atoms with Crippen molar-refractivity contribution in [2.24, 2.45) is 0 Å². The third kappa shape index (κ3) is 4.80. The molecule has 0 saturated carbocycles. The molecule has 3 rings (SSSR count). The average molecular weight is 375 g/mol. The van der Waals surface area contributed by atoms with E-state index in [1.165, 1.54) is 17.4 Å². The quantitative estimate of drug-likeness (QED) is 0.594. The molecule has 1 N–H and O–H groups in total. The number of carbonyl (C=O) groups is 1. The number of amides is 1. The van der Waals surface area contributed by atoms with E-state index in [0.29, 0.717) is 18.9 Å². The van der Waals surface area contributed by atoms with E-state index in [2.05, 4.69) is 10.2 Å². The number of carbonyl (C=O) groups excluding carboxylic acids is 1. The maximum absolute atomic E-state index is 12.1. The summed E-state index contributed by atoms with van der Waals surface area (Å²) in [7, 11) is 0. The first-order valence-electron chi connectivity index (χ1n) is 8.56. The molecule has 1 aliphatic heterocycles. The monoisotopic (exact) mass is 375 g/mol. The van der Waals surface area contributed by atoms with Crippen LogP contribution in [0.3, 0.4) is 0 Å². The molecule has 2 heterocycles. The maximum Gasteiger partial charge on any atom is 0.310 e. The summed E-state index contributed by atoms with van der Waals surface area (Å²) >= 11 is 1.45. The normalized spacial score (nSPS) is 15.5. The number of nitrogens with zero attached hydrogens (tertiary/aromatic N) is 2. The number of hydrogen-bond acceptors (Lipinski definition) is 6. The van der Waals surface area contributed by atoms with Gasteiger partial charge in [0.1, 0.15) is 6.61 Å². The third-order valence-corrected chi connectivity index (χ3v) is 5.26. The first kappa shape index (κ1) is 18.3. The topological polar surface area (TPSA) is 84.7 Å². The molecule has 1 aromatic heterocycles. The van der Waals surface area contributed by atoms with E-state index in [4.69, 9.17) is 4.74 Å². The fraction of sp³-hybridized carbons (Fsp3) is 0.389. The molecule has 0 bridgehead atoms. The summed E-state index contributed by atoms with van der Waals surface area (Å²) in [6.45, 7) is 2.85. The highest BCUT2D eigenvalue weighted by atomic mass is 32.1. The molecule has 1 aliphatic rings. The largest absolute Gasteiger partial charge is 0.485 e. The van der Waals surface area contributed by atoms with E-state index in [9.17, 15) is 14.9 Å². The summed E-state index contributed by atoms with van der Waals surface area (Å²) in [6, 6.07) is 10.3. The zero-order valence-electron chi connectivity index (χ0n) is 14.3. The maximum atomic E-state index is 12.1. The van der Waals surface area contributed by atoms with E-state index in [1.807, 2.05) is 17.5 Å². The minimum absolute atomic E-state index is 0.00169. The van der Waals surface area contributed by atoms with Gasteiger partial charge in [-0.25, -0.2) is 0 Å². The number of nitro groups is 1. The number of hydrogen-bond donors (Lipinski definition) is 1. The molecule has 0 unspecified atom stereocenters. The third-order valence-electron chi connectivity index (χ3n) is 4.39. The number of thiophene rings is 1. The van der Waals surface area contributed by atoms with Gasteiger partial charge >= 0.3 is 5.69 Å².